The average Bonchev–Trinajstić information content (AvgIpc) is 3.13. The summed E-state index contributed by atoms with van der Waals surface area (Å²) in [6, 6.07) is 3.94. The van der Waals surface area contributed by atoms with E-state index in [1.54, 1.807) is 6.20 Å². The van der Waals surface area contributed by atoms with Crippen LogP contribution in [0.2, 0.25) is 0 Å². The van der Waals surface area contributed by atoms with Crippen molar-refractivity contribution in [1.29, 1.82) is 0 Å². The summed E-state index contributed by atoms with van der Waals surface area (Å²) in [5, 5.41) is 4.03. The van der Waals surface area contributed by atoms with Crippen molar-refractivity contribution < 1.29 is 9.53 Å². The Morgan fingerprint density at radius 2 is 2.48 bits per heavy atom. The molecule has 3 rings (SSSR count). The molecule has 0 bridgehead atoms. The van der Waals surface area contributed by atoms with E-state index in [4.69, 9.17) is 4.74 Å². The molecule has 5 heteroatoms. The van der Waals surface area contributed by atoms with Crippen molar-refractivity contribution in [2.24, 2.45) is 0 Å². The Balaban J connectivity index is 1.67. The summed E-state index contributed by atoms with van der Waals surface area (Å²) in [6.07, 6.45) is 6.53. The zero-order chi connectivity index (χ0) is 14.7. The zero-order valence-electron chi connectivity index (χ0n) is 12.3. The van der Waals surface area contributed by atoms with Gasteiger partial charge in [-0.15, -0.1) is 0 Å². The van der Waals surface area contributed by atoms with Crippen LogP contribution in [0, 0.1) is 0 Å². The van der Waals surface area contributed by atoms with Gasteiger partial charge in [0.1, 0.15) is 5.65 Å². The lowest BCUT2D eigenvalue weighted by Crippen LogP contribution is -2.32. The Labute approximate surface area is 124 Å². The molecule has 0 spiro atoms. The third-order valence-corrected chi connectivity index (χ3v) is 3.96. The van der Waals surface area contributed by atoms with E-state index in [1.807, 2.05) is 18.3 Å². The first kappa shape index (κ1) is 14.1. The number of nitrogens with one attached hydrogen (secondary N) is 1. The number of aromatic nitrogens is 2. The Kier molecular flexibility index (Phi) is 4.20. The SMILES string of the molecule is CCn1cc(CC(=O)NC[C@H]2CCCO2)c2cccnc21. The molecule has 0 aromatic carbocycles. The molecule has 5 nitrogen and oxygen atoms in total. The quantitative estimate of drug-likeness (QED) is 0.913. The van der Waals surface area contributed by atoms with E-state index in [0.29, 0.717) is 13.0 Å². The summed E-state index contributed by atoms with van der Waals surface area (Å²) in [6.45, 7) is 4.36. The van der Waals surface area contributed by atoms with Gasteiger partial charge in [-0.1, -0.05) is 0 Å². The molecule has 0 unspecified atom stereocenters. The van der Waals surface area contributed by atoms with Crippen LogP contribution in [-0.2, 0) is 22.5 Å². The number of pyridine rings is 1. The highest BCUT2D eigenvalue weighted by Crippen LogP contribution is 2.19. The van der Waals surface area contributed by atoms with Crippen molar-refractivity contribution in [2.45, 2.75) is 38.8 Å². The summed E-state index contributed by atoms with van der Waals surface area (Å²) < 4.78 is 7.60. The molecule has 112 valence electrons. The van der Waals surface area contributed by atoms with E-state index in [9.17, 15) is 4.79 Å². The van der Waals surface area contributed by atoms with Gasteiger partial charge < -0.3 is 14.6 Å². The molecule has 1 atom stereocenters. The van der Waals surface area contributed by atoms with Crippen LogP contribution in [-0.4, -0.2) is 34.7 Å². The van der Waals surface area contributed by atoms with Gasteiger partial charge in [-0.05, 0) is 37.5 Å². The van der Waals surface area contributed by atoms with Crippen LogP contribution in [0.3, 0.4) is 0 Å². The van der Waals surface area contributed by atoms with Gasteiger partial charge in [0.2, 0.25) is 5.91 Å². The summed E-state index contributed by atoms with van der Waals surface area (Å²) in [4.78, 5) is 16.5. The first-order chi connectivity index (χ1) is 10.3. The third-order valence-electron chi connectivity index (χ3n) is 3.96. The molecule has 2 aromatic heterocycles. The van der Waals surface area contributed by atoms with Gasteiger partial charge in [0.25, 0.3) is 0 Å². The van der Waals surface area contributed by atoms with Crippen LogP contribution < -0.4 is 5.32 Å². The number of carbonyl (C=O) groups is 1. The molecule has 1 amide bonds. The molecule has 1 aliphatic rings. The van der Waals surface area contributed by atoms with Crippen LogP contribution in [0.25, 0.3) is 11.0 Å². The van der Waals surface area contributed by atoms with Gasteiger partial charge >= 0.3 is 0 Å². The predicted octanol–water partition coefficient (Wildman–Crippen LogP) is 1.89. The fourth-order valence-electron chi connectivity index (χ4n) is 2.85. The standard InChI is InChI=1S/C16H21N3O2/c1-2-19-11-12(14-6-3-7-17-16(14)19)9-15(20)18-10-13-5-4-8-21-13/h3,6-7,11,13H,2,4-5,8-10H2,1H3,(H,18,20)/t13-/m1/s1. The van der Waals surface area contributed by atoms with Crippen LogP contribution in [0.1, 0.15) is 25.3 Å². The minimum atomic E-state index is 0.0458. The first-order valence-electron chi connectivity index (χ1n) is 7.59. The Bertz CT molecular complexity index is 629. The molecule has 0 saturated carbocycles. The van der Waals surface area contributed by atoms with Crippen molar-refractivity contribution in [3.05, 3.63) is 30.1 Å². The number of ether oxygens (including phenoxy) is 1. The fraction of sp³-hybridized carbons (Fsp3) is 0.500. The Hall–Kier alpha value is -1.88. The summed E-state index contributed by atoms with van der Waals surface area (Å²) in [5.74, 6) is 0.0458. The number of carbonyl (C=O) groups excluding carboxylic acids is 1. The van der Waals surface area contributed by atoms with E-state index >= 15 is 0 Å². The maximum absolute atomic E-state index is 12.1. The summed E-state index contributed by atoms with van der Waals surface area (Å²) in [5.41, 5.74) is 1.98. The molecular formula is C16H21N3O2. The van der Waals surface area contributed by atoms with Crippen LogP contribution in [0.5, 0.6) is 0 Å². The second-order valence-electron chi connectivity index (χ2n) is 5.43. The lowest BCUT2D eigenvalue weighted by atomic mass is 10.1. The Morgan fingerprint density at radius 1 is 1.57 bits per heavy atom. The number of hydrogen-bond donors (Lipinski definition) is 1. The van der Waals surface area contributed by atoms with Crippen LogP contribution >= 0.6 is 0 Å². The second kappa shape index (κ2) is 6.26. The summed E-state index contributed by atoms with van der Waals surface area (Å²) >= 11 is 0. The number of fused-ring (bicyclic) bond motifs is 1. The van der Waals surface area contributed by atoms with Gasteiger partial charge in [0.05, 0.1) is 12.5 Å². The van der Waals surface area contributed by atoms with E-state index in [-0.39, 0.29) is 12.0 Å². The number of hydrogen-bond acceptors (Lipinski definition) is 3. The molecule has 0 aliphatic carbocycles. The maximum atomic E-state index is 12.1. The van der Waals surface area contributed by atoms with Crippen molar-refractivity contribution in [3.63, 3.8) is 0 Å². The lowest BCUT2D eigenvalue weighted by molar-refractivity contribution is -0.120. The van der Waals surface area contributed by atoms with Crippen molar-refractivity contribution >= 4 is 16.9 Å². The molecular weight excluding hydrogens is 266 g/mol. The first-order valence-corrected chi connectivity index (χ1v) is 7.59. The molecule has 0 radical (unpaired) electrons. The summed E-state index contributed by atoms with van der Waals surface area (Å²) in [7, 11) is 0. The topological polar surface area (TPSA) is 56.2 Å². The maximum Gasteiger partial charge on any atom is 0.224 e. The molecule has 1 N–H and O–H groups in total. The van der Waals surface area contributed by atoms with Gasteiger partial charge in [0.15, 0.2) is 0 Å². The lowest BCUT2D eigenvalue weighted by Gasteiger charge is -2.10. The van der Waals surface area contributed by atoms with Crippen molar-refractivity contribution in [1.82, 2.24) is 14.9 Å². The van der Waals surface area contributed by atoms with E-state index in [0.717, 1.165) is 42.6 Å². The van der Waals surface area contributed by atoms with Gasteiger partial charge in [-0.2, -0.15) is 0 Å². The monoisotopic (exact) mass is 287 g/mol. The molecule has 3 heterocycles. The van der Waals surface area contributed by atoms with Gasteiger partial charge in [-0.25, -0.2) is 4.98 Å². The largest absolute Gasteiger partial charge is 0.376 e. The van der Waals surface area contributed by atoms with E-state index < -0.39 is 0 Å². The highest BCUT2D eigenvalue weighted by atomic mass is 16.5. The normalized spacial score (nSPS) is 18.2. The molecule has 1 fully saturated rings. The molecule has 21 heavy (non-hydrogen) atoms. The van der Waals surface area contributed by atoms with Crippen molar-refractivity contribution in [2.75, 3.05) is 13.2 Å². The highest BCUT2D eigenvalue weighted by Gasteiger charge is 2.17. The molecule has 1 aliphatic heterocycles. The zero-order valence-corrected chi connectivity index (χ0v) is 12.3. The van der Waals surface area contributed by atoms with Crippen LogP contribution in [0.15, 0.2) is 24.5 Å². The van der Waals surface area contributed by atoms with E-state index in [2.05, 4.69) is 21.8 Å². The highest BCUT2D eigenvalue weighted by molar-refractivity contribution is 5.87. The number of amides is 1. The smallest absolute Gasteiger partial charge is 0.224 e. The number of nitrogens with zero attached hydrogens (tertiary/aromatic N) is 2. The fourth-order valence-corrected chi connectivity index (χ4v) is 2.85. The van der Waals surface area contributed by atoms with Crippen LogP contribution in [0.4, 0.5) is 0 Å². The van der Waals surface area contributed by atoms with E-state index in [1.165, 1.54) is 0 Å². The minimum Gasteiger partial charge on any atom is -0.376 e. The number of rotatable bonds is 5. The molecule has 2 aromatic rings. The number of aryl methyl sites for hydroxylation is 1. The van der Waals surface area contributed by atoms with Gasteiger partial charge in [-0.3, -0.25) is 4.79 Å². The second-order valence-corrected chi connectivity index (χ2v) is 5.43. The average molecular weight is 287 g/mol. The predicted molar refractivity (Wildman–Crippen MR) is 81.1 cm³/mol. The molecule has 1 saturated heterocycles. The van der Waals surface area contributed by atoms with Crippen molar-refractivity contribution in [3.8, 4) is 0 Å². The third kappa shape index (κ3) is 3.08. The minimum absolute atomic E-state index is 0.0458. The Morgan fingerprint density at radius 3 is 3.24 bits per heavy atom. The van der Waals surface area contributed by atoms with Gasteiger partial charge in [0, 0.05) is 37.5 Å².